The molecule has 6 rings (SSSR count). The van der Waals surface area contributed by atoms with Crippen LogP contribution in [0.5, 0.6) is 5.75 Å². The maximum absolute atomic E-state index is 13.5. The van der Waals surface area contributed by atoms with Crippen LogP contribution in [0.2, 0.25) is 0 Å². The van der Waals surface area contributed by atoms with Gasteiger partial charge in [-0.25, -0.2) is 9.78 Å². The zero-order chi connectivity index (χ0) is 39.2. The lowest BCUT2D eigenvalue weighted by Crippen LogP contribution is -2.76. The first-order valence-electron chi connectivity index (χ1n) is 16.9. The van der Waals surface area contributed by atoms with Gasteiger partial charge in [0, 0.05) is 30.9 Å². The molecule has 5 heterocycles. The minimum absolute atomic E-state index is 0.0565. The molecule has 22 heteroatoms. The highest BCUT2D eigenvalue weighted by Gasteiger charge is 2.58. The molecule has 2 saturated heterocycles. The van der Waals surface area contributed by atoms with Gasteiger partial charge in [-0.3, -0.25) is 14.1 Å². The number of aryl methyl sites for hydroxylation is 1. The van der Waals surface area contributed by atoms with Crippen LogP contribution in [0, 0.1) is 5.92 Å². The summed E-state index contributed by atoms with van der Waals surface area (Å²) < 4.78 is 46.0. The Bertz CT molecular complexity index is 2060. The van der Waals surface area contributed by atoms with E-state index in [1.165, 1.54) is 26.2 Å². The minimum atomic E-state index is -5.04. The van der Waals surface area contributed by atoms with Gasteiger partial charge in [0.25, 0.3) is 17.4 Å². The Kier molecular flexibility index (Phi) is 10.7. The highest BCUT2D eigenvalue weighted by molar-refractivity contribution is 7.80. The number of aliphatic hydroxyl groups excluding tert-OH is 1. The monoisotopic (exact) mass is 792 g/mol. The van der Waals surface area contributed by atoms with Gasteiger partial charge in [-0.05, 0) is 56.9 Å². The van der Waals surface area contributed by atoms with E-state index in [2.05, 4.69) is 29.7 Å². The molecule has 54 heavy (non-hydrogen) atoms. The first-order valence-corrected chi connectivity index (χ1v) is 19.2. The second-order valence-corrected chi connectivity index (χ2v) is 15.9. The number of fused-ring (bicyclic) bond motifs is 1. The number of oxime groups is 1. The van der Waals surface area contributed by atoms with Crippen molar-refractivity contribution in [2.75, 3.05) is 25.4 Å². The lowest BCUT2D eigenvalue weighted by molar-refractivity contribution is -0.781. The standard InChI is InChI=1S/C32H41N9O11S2/c1-31(2)26(28(44)41(31)52-54(47,48)49)37-27(43)25(22-16-53-30(34)36-22)38-51-32(3,29(45)46)24-7-5-19-8-18(4-6-23(19)50-24)20-13-39(12-17-10-35-11-17)40(14-20)15-21(42)9-33/h4,6,8,13-14,16-17,21,24,26,35,42H,5,7,9-12,15,33H2,1-3H3,(H4-,34,36,37,43,45,46,47,48,49)/p+1/b38-25-/t21-,24?,26+,32?/m0/s1. The number of aliphatic carboxylic acids is 1. The number of ether oxygens (including phenoxy) is 1. The summed E-state index contributed by atoms with van der Waals surface area (Å²) in [5.74, 6) is -2.54. The van der Waals surface area contributed by atoms with E-state index in [9.17, 15) is 33.0 Å². The lowest BCUT2D eigenvalue weighted by atomic mass is 9.84. The van der Waals surface area contributed by atoms with Crippen LogP contribution in [0.25, 0.3) is 11.1 Å². The molecule has 2 amide bonds. The van der Waals surface area contributed by atoms with Crippen LogP contribution in [0.3, 0.4) is 0 Å². The molecule has 0 aliphatic carbocycles. The molecule has 3 aromatic rings. The van der Waals surface area contributed by atoms with Crippen LogP contribution < -0.4 is 31.5 Å². The highest BCUT2D eigenvalue weighted by atomic mass is 32.3. The van der Waals surface area contributed by atoms with Crippen molar-refractivity contribution < 1.29 is 56.1 Å². The summed E-state index contributed by atoms with van der Waals surface area (Å²) in [4.78, 5) is 48.7. The SMILES string of the molecule is CC(O/N=C(\C(=O)N[C@@H]1C(=O)N(OS(=O)(=O)O)C1(C)C)c1csc(N)n1)(C(=O)O)C1CCc2cc(-c3cn(C[C@@H](O)CN)[n+](CC4CNC4)c3)ccc2O1. The number of hydrogen-bond donors (Lipinski definition) is 7. The number of anilines is 1. The fourth-order valence-electron chi connectivity index (χ4n) is 6.35. The van der Waals surface area contributed by atoms with Crippen LogP contribution in [0.4, 0.5) is 5.13 Å². The van der Waals surface area contributed by atoms with E-state index in [1.807, 2.05) is 29.2 Å². The Morgan fingerprint density at radius 1 is 1.31 bits per heavy atom. The van der Waals surface area contributed by atoms with Crippen molar-refractivity contribution in [1.29, 1.82) is 0 Å². The Morgan fingerprint density at radius 3 is 2.65 bits per heavy atom. The molecule has 9 N–H and O–H groups in total. The first-order chi connectivity index (χ1) is 25.4. The van der Waals surface area contributed by atoms with Crippen molar-refractivity contribution in [2.45, 2.75) is 76.1 Å². The number of hydrogen-bond acceptors (Lipinski definition) is 15. The molecule has 3 aliphatic heterocycles. The Labute approximate surface area is 313 Å². The summed E-state index contributed by atoms with van der Waals surface area (Å²) in [7, 11) is -5.04. The van der Waals surface area contributed by atoms with Crippen molar-refractivity contribution in [3.63, 3.8) is 0 Å². The number of rotatable bonds is 15. The van der Waals surface area contributed by atoms with Gasteiger partial charge >= 0.3 is 16.4 Å². The third-order valence-electron chi connectivity index (χ3n) is 9.69. The van der Waals surface area contributed by atoms with Crippen LogP contribution in [0.15, 0.2) is 41.1 Å². The second kappa shape index (κ2) is 14.8. The van der Waals surface area contributed by atoms with Gasteiger partial charge in [-0.1, -0.05) is 11.2 Å². The van der Waals surface area contributed by atoms with Gasteiger partial charge in [0.15, 0.2) is 23.5 Å². The number of aromatic nitrogens is 3. The Balaban J connectivity index is 1.21. The number of amides is 2. The quantitative estimate of drug-likeness (QED) is 0.0314. The van der Waals surface area contributed by atoms with E-state index < -0.39 is 63.3 Å². The number of carbonyl (C=O) groups excluding carboxylic acids is 2. The van der Waals surface area contributed by atoms with Crippen LogP contribution in [-0.4, -0.2) is 110 Å². The van der Waals surface area contributed by atoms with E-state index in [0.717, 1.165) is 47.7 Å². The molecular weight excluding hydrogens is 751 g/mol. The summed E-state index contributed by atoms with van der Waals surface area (Å²) in [6, 6.07) is 4.23. The zero-order valence-corrected chi connectivity index (χ0v) is 31.2. The molecular formula is C32H42N9O11S2+. The molecule has 0 spiro atoms. The number of nitrogens with zero attached hydrogens (tertiary/aromatic N) is 5. The molecule has 3 aliphatic rings. The topological polar surface area (TPSA) is 287 Å². The molecule has 2 unspecified atom stereocenters. The fraction of sp³-hybridized carbons (Fsp3) is 0.500. The number of nitrogens with one attached hydrogen (secondary N) is 2. The first kappa shape index (κ1) is 39.0. The number of thiazole rings is 1. The van der Waals surface area contributed by atoms with Gasteiger partial charge in [-0.2, -0.15) is 18.2 Å². The van der Waals surface area contributed by atoms with Gasteiger partial charge in [0.1, 0.15) is 24.0 Å². The normalized spacial score (nSPS) is 21.6. The molecule has 4 atom stereocenters. The number of hydroxylamine groups is 2. The molecule has 292 valence electrons. The molecule has 0 radical (unpaired) electrons. The third kappa shape index (κ3) is 7.90. The fourth-order valence-corrected chi connectivity index (χ4v) is 7.35. The van der Waals surface area contributed by atoms with E-state index in [0.29, 0.717) is 29.7 Å². The maximum Gasteiger partial charge on any atom is 0.418 e. The minimum Gasteiger partial charge on any atom is -0.485 e. The molecule has 2 fully saturated rings. The number of benzene rings is 1. The number of β-lactam (4-membered cyclic amide) rings is 1. The van der Waals surface area contributed by atoms with Crippen molar-refractivity contribution in [1.82, 2.24) is 25.4 Å². The predicted molar refractivity (Wildman–Crippen MR) is 190 cm³/mol. The molecule has 20 nitrogen and oxygen atoms in total. The van der Waals surface area contributed by atoms with Crippen molar-refractivity contribution in [3.8, 4) is 16.9 Å². The number of carboxylic acids is 1. The van der Waals surface area contributed by atoms with E-state index in [-0.39, 0.29) is 23.8 Å². The average molecular weight is 793 g/mol. The van der Waals surface area contributed by atoms with E-state index in [1.54, 1.807) is 6.07 Å². The highest BCUT2D eigenvalue weighted by Crippen LogP contribution is 2.37. The van der Waals surface area contributed by atoms with Gasteiger partial charge in [0.2, 0.25) is 6.20 Å². The van der Waals surface area contributed by atoms with Gasteiger partial charge in [0.05, 0.1) is 23.4 Å². The molecule has 0 saturated carbocycles. The molecule has 2 aromatic heterocycles. The van der Waals surface area contributed by atoms with Crippen molar-refractivity contribution in [3.05, 3.63) is 47.2 Å². The largest absolute Gasteiger partial charge is 0.485 e. The number of nitrogen functional groups attached to an aromatic ring is 1. The summed E-state index contributed by atoms with van der Waals surface area (Å²) in [6.45, 7) is 7.07. The van der Waals surface area contributed by atoms with Crippen LogP contribution in [0.1, 0.15) is 38.4 Å². The summed E-state index contributed by atoms with van der Waals surface area (Å²) in [5.41, 5.74) is 9.95. The lowest BCUT2D eigenvalue weighted by Gasteiger charge is -2.50. The maximum atomic E-state index is 13.5. The number of carbonyl (C=O) groups is 3. The van der Waals surface area contributed by atoms with Crippen molar-refractivity contribution in [2.24, 2.45) is 16.8 Å². The zero-order valence-electron chi connectivity index (χ0n) is 29.5. The number of nitrogens with two attached hydrogens (primary N) is 2. The summed E-state index contributed by atoms with van der Waals surface area (Å²) in [5, 5.41) is 32.1. The molecule has 1 aromatic carbocycles. The average Bonchev–Trinajstić information content (AvgIpc) is 3.71. The van der Waals surface area contributed by atoms with Crippen LogP contribution in [-0.2, 0) is 53.4 Å². The predicted octanol–water partition coefficient (Wildman–Crippen LogP) is -1.18. The Hall–Kier alpha value is -4.71. The van der Waals surface area contributed by atoms with Crippen LogP contribution >= 0.6 is 11.3 Å². The Morgan fingerprint density at radius 2 is 2.06 bits per heavy atom. The number of aliphatic hydroxyl groups is 1. The van der Waals surface area contributed by atoms with Gasteiger partial charge in [-0.15, -0.1) is 20.3 Å². The van der Waals surface area contributed by atoms with E-state index >= 15 is 0 Å². The summed E-state index contributed by atoms with van der Waals surface area (Å²) >= 11 is 0.965. The van der Waals surface area contributed by atoms with Crippen molar-refractivity contribution >= 4 is 50.4 Å². The second-order valence-electron chi connectivity index (χ2n) is 14.0. The third-order valence-corrected chi connectivity index (χ3v) is 10.7. The summed E-state index contributed by atoms with van der Waals surface area (Å²) in [6.07, 6.45) is 2.83. The van der Waals surface area contributed by atoms with Gasteiger partial charge < -0.3 is 41.9 Å². The smallest absolute Gasteiger partial charge is 0.418 e. The molecule has 0 bridgehead atoms. The number of carboxylic acid groups (broad SMARTS) is 1. The van der Waals surface area contributed by atoms with E-state index in [4.69, 9.17) is 25.6 Å².